The zero-order valence-corrected chi connectivity index (χ0v) is 9.80. The number of nitrogens with zero attached hydrogens (tertiary/aromatic N) is 3. The average molecular weight is 236 g/mol. The highest BCUT2D eigenvalue weighted by molar-refractivity contribution is 5.47. The number of aromatic nitrogens is 1. The fraction of sp³-hybridized carbons (Fsp3) is 0.545. The van der Waals surface area contributed by atoms with E-state index in [2.05, 4.69) is 15.2 Å². The Morgan fingerprint density at radius 3 is 3.18 bits per heavy atom. The van der Waals surface area contributed by atoms with Gasteiger partial charge < -0.3 is 10.2 Å². The van der Waals surface area contributed by atoms with Crippen LogP contribution in [0.25, 0.3) is 0 Å². The summed E-state index contributed by atoms with van der Waals surface area (Å²) < 4.78 is 0. The molecule has 1 aliphatic rings. The molecule has 1 aliphatic heterocycles. The fourth-order valence-corrected chi connectivity index (χ4v) is 2.12. The Bertz CT molecular complexity index is 410. The summed E-state index contributed by atoms with van der Waals surface area (Å²) >= 11 is 0. The third-order valence-electron chi connectivity index (χ3n) is 3.09. The van der Waals surface area contributed by atoms with Gasteiger partial charge in [-0.15, -0.1) is 0 Å². The lowest BCUT2D eigenvalue weighted by molar-refractivity contribution is -0.384. The monoisotopic (exact) mass is 236 g/mol. The molecule has 1 atom stereocenters. The first-order chi connectivity index (χ1) is 8.20. The SMILES string of the molecule is CNC1CCCN(c2cc([N+](=O)[O-])ccn2)C1. The second kappa shape index (κ2) is 5.09. The summed E-state index contributed by atoms with van der Waals surface area (Å²) in [4.78, 5) is 16.6. The van der Waals surface area contributed by atoms with Crippen LogP contribution in [0, 0.1) is 10.1 Å². The Morgan fingerprint density at radius 2 is 2.47 bits per heavy atom. The Morgan fingerprint density at radius 1 is 1.65 bits per heavy atom. The third-order valence-corrected chi connectivity index (χ3v) is 3.09. The minimum atomic E-state index is -0.384. The van der Waals surface area contributed by atoms with Gasteiger partial charge in [-0.25, -0.2) is 4.98 Å². The molecule has 1 aromatic rings. The number of hydrogen-bond donors (Lipinski definition) is 1. The van der Waals surface area contributed by atoms with Crippen LogP contribution in [0.3, 0.4) is 0 Å². The number of nitro groups is 1. The largest absolute Gasteiger partial charge is 0.355 e. The van der Waals surface area contributed by atoms with E-state index in [0.29, 0.717) is 11.9 Å². The Hall–Kier alpha value is -1.69. The summed E-state index contributed by atoms with van der Waals surface area (Å²) in [7, 11) is 1.94. The van der Waals surface area contributed by atoms with Gasteiger partial charge in [0, 0.05) is 31.4 Å². The number of rotatable bonds is 3. The van der Waals surface area contributed by atoms with Gasteiger partial charge in [0.05, 0.1) is 11.0 Å². The molecular weight excluding hydrogens is 220 g/mol. The second-order valence-electron chi connectivity index (χ2n) is 4.20. The molecule has 0 aromatic carbocycles. The molecule has 1 N–H and O–H groups in total. The molecule has 0 radical (unpaired) electrons. The highest BCUT2D eigenvalue weighted by Gasteiger charge is 2.20. The zero-order chi connectivity index (χ0) is 12.3. The lowest BCUT2D eigenvalue weighted by Crippen LogP contribution is -2.44. The van der Waals surface area contributed by atoms with Crippen molar-refractivity contribution in [2.45, 2.75) is 18.9 Å². The summed E-state index contributed by atoms with van der Waals surface area (Å²) in [5, 5.41) is 13.9. The molecule has 2 heterocycles. The molecule has 1 unspecified atom stereocenters. The molecule has 0 saturated carbocycles. The average Bonchev–Trinajstić information content (AvgIpc) is 2.39. The molecule has 1 fully saturated rings. The van der Waals surface area contributed by atoms with Gasteiger partial charge in [-0.2, -0.15) is 0 Å². The van der Waals surface area contributed by atoms with E-state index in [1.54, 1.807) is 0 Å². The Kier molecular flexibility index (Phi) is 3.53. The number of piperidine rings is 1. The van der Waals surface area contributed by atoms with Crippen LogP contribution in [0.2, 0.25) is 0 Å². The second-order valence-corrected chi connectivity index (χ2v) is 4.20. The molecule has 92 valence electrons. The summed E-state index contributed by atoms with van der Waals surface area (Å²) in [6.45, 7) is 1.76. The van der Waals surface area contributed by atoms with Crippen molar-refractivity contribution in [1.29, 1.82) is 0 Å². The van der Waals surface area contributed by atoms with Crippen molar-refractivity contribution in [2.75, 3.05) is 25.0 Å². The van der Waals surface area contributed by atoms with Crippen LogP contribution in [-0.4, -0.2) is 36.1 Å². The van der Waals surface area contributed by atoms with Crippen molar-refractivity contribution in [3.8, 4) is 0 Å². The highest BCUT2D eigenvalue weighted by atomic mass is 16.6. The zero-order valence-electron chi connectivity index (χ0n) is 9.80. The van der Waals surface area contributed by atoms with Gasteiger partial charge in [-0.1, -0.05) is 0 Å². The van der Waals surface area contributed by atoms with Gasteiger partial charge >= 0.3 is 0 Å². The molecule has 6 heteroatoms. The minimum absolute atomic E-state index is 0.0987. The maximum atomic E-state index is 10.7. The van der Waals surface area contributed by atoms with Crippen molar-refractivity contribution in [1.82, 2.24) is 10.3 Å². The van der Waals surface area contributed by atoms with E-state index in [4.69, 9.17) is 0 Å². The molecule has 0 bridgehead atoms. The van der Waals surface area contributed by atoms with E-state index in [9.17, 15) is 10.1 Å². The van der Waals surface area contributed by atoms with Crippen LogP contribution >= 0.6 is 0 Å². The minimum Gasteiger partial charge on any atom is -0.355 e. The lowest BCUT2D eigenvalue weighted by atomic mass is 10.1. The van der Waals surface area contributed by atoms with Gasteiger partial charge in [0.25, 0.3) is 5.69 Å². The molecule has 17 heavy (non-hydrogen) atoms. The number of hydrogen-bond acceptors (Lipinski definition) is 5. The normalized spacial score (nSPS) is 20.3. The van der Waals surface area contributed by atoms with E-state index in [1.165, 1.54) is 18.3 Å². The van der Waals surface area contributed by atoms with Crippen molar-refractivity contribution in [3.05, 3.63) is 28.4 Å². The third kappa shape index (κ3) is 2.71. The first kappa shape index (κ1) is 11.8. The first-order valence-corrected chi connectivity index (χ1v) is 5.73. The number of likely N-dealkylation sites (N-methyl/N-ethyl adjacent to an activating group) is 1. The van der Waals surface area contributed by atoms with Crippen LogP contribution < -0.4 is 10.2 Å². The van der Waals surface area contributed by atoms with E-state index < -0.39 is 0 Å². The predicted octanol–water partition coefficient (Wildman–Crippen LogP) is 1.18. The summed E-state index contributed by atoms with van der Waals surface area (Å²) in [5.41, 5.74) is 0.0987. The van der Waals surface area contributed by atoms with Crippen LogP contribution in [0.15, 0.2) is 18.3 Å². The van der Waals surface area contributed by atoms with E-state index >= 15 is 0 Å². The fourth-order valence-electron chi connectivity index (χ4n) is 2.12. The summed E-state index contributed by atoms with van der Waals surface area (Å²) in [6, 6.07) is 3.39. The summed E-state index contributed by atoms with van der Waals surface area (Å²) in [6.07, 6.45) is 3.72. The highest BCUT2D eigenvalue weighted by Crippen LogP contribution is 2.21. The van der Waals surface area contributed by atoms with Crippen molar-refractivity contribution >= 4 is 11.5 Å². The van der Waals surface area contributed by atoms with E-state index in [-0.39, 0.29) is 10.6 Å². The summed E-state index contributed by atoms with van der Waals surface area (Å²) in [5.74, 6) is 0.694. The van der Waals surface area contributed by atoms with Gasteiger partial charge in [0.15, 0.2) is 0 Å². The number of pyridine rings is 1. The predicted molar refractivity (Wildman–Crippen MR) is 65.2 cm³/mol. The van der Waals surface area contributed by atoms with Gasteiger partial charge in [-0.3, -0.25) is 10.1 Å². The smallest absolute Gasteiger partial charge is 0.274 e. The molecule has 1 saturated heterocycles. The van der Waals surface area contributed by atoms with Crippen LogP contribution in [0.1, 0.15) is 12.8 Å². The Labute approximate surface area is 99.8 Å². The molecule has 2 rings (SSSR count). The van der Waals surface area contributed by atoms with E-state index in [1.807, 2.05) is 7.05 Å². The lowest BCUT2D eigenvalue weighted by Gasteiger charge is -2.33. The number of nitrogens with one attached hydrogen (secondary N) is 1. The maximum Gasteiger partial charge on any atom is 0.274 e. The van der Waals surface area contributed by atoms with Crippen LogP contribution in [0.4, 0.5) is 11.5 Å². The molecule has 0 spiro atoms. The molecule has 6 nitrogen and oxygen atoms in total. The quantitative estimate of drug-likeness (QED) is 0.630. The standard InChI is InChI=1S/C11H16N4O2/c1-12-9-3-2-6-14(8-9)11-7-10(15(16)17)4-5-13-11/h4-5,7,9,12H,2-3,6,8H2,1H3. The van der Waals surface area contributed by atoms with Crippen LogP contribution in [0.5, 0.6) is 0 Å². The molecule has 1 aromatic heterocycles. The van der Waals surface area contributed by atoms with E-state index in [0.717, 1.165) is 25.9 Å². The topological polar surface area (TPSA) is 71.3 Å². The van der Waals surface area contributed by atoms with Crippen LogP contribution in [-0.2, 0) is 0 Å². The van der Waals surface area contributed by atoms with Crippen molar-refractivity contribution in [3.63, 3.8) is 0 Å². The van der Waals surface area contributed by atoms with Crippen molar-refractivity contribution in [2.24, 2.45) is 0 Å². The maximum absolute atomic E-state index is 10.7. The van der Waals surface area contributed by atoms with Gasteiger partial charge in [0.2, 0.25) is 0 Å². The van der Waals surface area contributed by atoms with Gasteiger partial charge in [0.1, 0.15) is 5.82 Å². The molecule has 0 aliphatic carbocycles. The first-order valence-electron chi connectivity index (χ1n) is 5.73. The molecular formula is C11H16N4O2. The number of anilines is 1. The van der Waals surface area contributed by atoms with Crippen molar-refractivity contribution < 1.29 is 4.92 Å². The Balaban J connectivity index is 2.16. The van der Waals surface area contributed by atoms with Gasteiger partial charge in [-0.05, 0) is 19.9 Å². The molecule has 0 amide bonds.